The van der Waals surface area contributed by atoms with Crippen LogP contribution in [-0.4, -0.2) is 0 Å². The van der Waals surface area contributed by atoms with Gasteiger partial charge in [-0.2, -0.15) is 0 Å². The van der Waals surface area contributed by atoms with Crippen LogP contribution in [0, 0.1) is 0 Å². The first-order chi connectivity index (χ1) is 20.8. The zero-order valence-electron chi connectivity index (χ0n) is 22.9. The van der Waals surface area contributed by atoms with Crippen LogP contribution in [0.15, 0.2) is 164 Å². The number of nitrogens with zero attached hydrogens (tertiary/aromatic N) is 1. The van der Waals surface area contributed by atoms with E-state index in [1.807, 2.05) is 11.3 Å². The maximum Gasteiger partial charge on any atom is 0.0540 e. The molecule has 0 aliphatic carbocycles. The Bertz CT molecular complexity index is 2180. The molecule has 0 bridgehead atoms. The Labute approximate surface area is 249 Å². The predicted octanol–water partition coefficient (Wildman–Crippen LogP) is 12.0. The van der Waals surface area contributed by atoms with E-state index >= 15 is 0 Å². The summed E-state index contributed by atoms with van der Waals surface area (Å²) in [5.41, 5.74) is 8.22. The lowest BCUT2D eigenvalue weighted by Crippen LogP contribution is -2.11. The highest BCUT2D eigenvalue weighted by molar-refractivity contribution is 7.25. The number of benzene rings is 7. The molecule has 198 valence electrons. The van der Waals surface area contributed by atoms with Gasteiger partial charge < -0.3 is 4.90 Å². The summed E-state index contributed by atoms with van der Waals surface area (Å²) in [6.07, 6.45) is 0. The molecule has 0 N–H and O–H groups in total. The van der Waals surface area contributed by atoms with Gasteiger partial charge in [0.1, 0.15) is 0 Å². The molecule has 8 rings (SSSR count). The van der Waals surface area contributed by atoms with Gasteiger partial charge in [-0.05, 0) is 82.1 Å². The first-order valence-corrected chi connectivity index (χ1v) is 15.1. The molecule has 0 saturated heterocycles. The first kappa shape index (κ1) is 24.6. The summed E-state index contributed by atoms with van der Waals surface area (Å²) in [5, 5.41) is 5.17. The molecule has 0 amide bonds. The van der Waals surface area contributed by atoms with Crippen molar-refractivity contribution in [1.29, 1.82) is 0 Å². The van der Waals surface area contributed by atoms with Crippen LogP contribution in [0.25, 0.3) is 53.2 Å². The summed E-state index contributed by atoms with van der Waals surface area (Å²) in [5.74, 6) is 0. The Balaban J connectivity index is 1.35. The monoisotopic (exact) mass is 553 g/mol. The molecule has 1 nitrogen and oxygen atoms in total. The van der Waals surface area contributed by atoms with E-state index < -0.39 is 0 Å². The van der Waals surface area contributed by atoms with Crippen molar-refractivity contribution >= 4 is 59.3 Å². The quantitative estimate of drug-likeness (QED) is 0.205. The van der Waals surface area contributed by atoms with E-state index in [1.165, 1.54) is 53.2 Å². The molecule has 0 fully saturated rings. The minimum atomic E-state index is 1.13. The van der Waals surface area contributed by atoms with Crippen LogP contribution < -0.4 is 4.90 Å². The van der Waals surface area contributed by atoms with Gasteiger partial charge in [-0.25, -0.2) is 0 Å². The summed E-state index contributed by atoms with van der Waals surface area (Å²) < 4.78 is 2.66. The van der Waals surface area contributed by atoms with Gasteiger partial charge in [0.15, 0.2) is 0 Å². The number of fused-ring (bicyclic) bond motifs is 4. The van der Waals surface area contributed by atoms with E-state index in [0.717, 1.165) is 17.1 Å². The number of hydrogen-bond acceptors (Lipinski definition) is 2. The summed E-state index contributed by atoms with van der Waals surface area (Å²) in [7, 11) is 0. The number of hydrogen-bond donors (Lipinski definition) is 0. The fraction of sp³-hybridized carbons (Fsp3) is 0. The molecule has 0 atom stereocenters. The van der Waals surface area contributed by atoms with Gasteiger partial charge in [0.05, 0.1) is 5.69 Å². The van der Waals surface area contributed by atoms with Crippen LogP contribution in [0.1, 0.15) is 0 Å². The predicted molar refractivity (Wildman–Crippen MR) is 182 cm³/mol. The molecule has 42 heavy (non-hydrogen) atoms. The Morgan fingerprint density at radius 1 is 0.381 bits per heavy atom. The van der Waals surface area contributed by atoms with Crippen molar-refractivity contribution in [3.8, 4) is 22.3 Å². The SMILES string of the molecule is c1ccc(-c2ccc(N(c3ccccc3)c3ccc4cc5c(cc4c3)sc3ccccc35)c(-c3ccccc3)c2)cc1. The second kappa shape index (κ2) is 10.3. The van der Waals surface area contributed by atoms with Crippen LogP contribution in [0.5, 0.6) is 0 Å². The van der Waals surface area contributed by atoms with Gasteiger partial charge in [-0.15, -0.1) is 11.3 Å². The van der Waals surface area contributed by atoms with E-state index in [2.05, 4.69) is 169 Å². The molecule has 0 radical (unpaired) electrons. The lowest BCUT2D eigenvalue weighted by atomic mass is 9.96. The minimum absolute atomic E-state index is 1.13. The summed E-state index contributed by atoms with van der Waals surface area (Å²) in [6.45, 7) is 0. The van der Waals surface area contributed by atoms with Crippen molar-refractivity contribution < 1.29 is 0 Å². The summed E-state index contributed by atoms with van der Waals surface area (Å²) in [6, 6.07) is 59.2. The number of rotatable bonds is 5. The van der Waals surface area contributed by atoms with Gasteiger partial charge in [-0.1, -0.05) is 109 Å². The molecule has 0 spiro atoms. The largest absolute Gasteiger partial charge is 0.310 e. The molecule has 1 heterocycles. The molecule has 0 unspecified atom stereocenters. The highest BCUT2D eigenvalue weighted by atomic mass is 32.1. The topological polar surface area (TPSA) is 3.24 Å². The highest BCUT2D eigenvalue weighted by Crippen LogP contribution is 2.44. The number of thiophene rings is 1. The van der Waals surface area contributed by atoms with Crippen molar-refractivity contribution in [3.05, 3.63) is 164 Å². The van der Waals surface area contributed by atoms with Crippen LogP contribution in [-0.2, 0) is 0 Å². The summed E-state index contributed by atoms with van der Waals surface area (Å²) >= 11 is 1.87. The van der Waals surface area contributed by atoms with Crippen LogP contribution >= 0.6 is 11.3 Å². The Morgan fingerprint density at radius 2 is 1.07 bits per heavy atom. The zero-order chi connectivity index (χ0) is 27.9. The van der Waals surface area contributed by atoms with E-state index in [0.29, 0.717) is 0 Å². The Kier molecular flexibility index (Phi) is 6.05. The second-order valence-electron chi connectivity index (χ2n) is 10.6. The van der Waals surface area contributed by atoms with Crippen molar-refractivity contribution in [2.45, 2.75) is 0 Å². The third-order valence-corrected chi connectivity index (χ3v) is 9.15. The number of anilines is 3. The smallest absolute Gasteiger partial charge is 0.0540 e. The van der Waals surface area contributed by atoms with E-state index in [-0.39, 0.29) is 0 Å². The fourth-order valence-electron chi connectivity index (χ4n) is 5.99. The van der Waals surface area contributed by atoms with Crippen LogP contribution in [0.4, 0.5) is 17.1 Å². The Morgan fingerprint density at radius 3 is 1.86 bits per heavy atom. The molecular weight excluding hydrogens is 527 g/mol. The average Bonchev–Trinajstić information content (AvgIpc) is 3.42. The zero-order valence-corrected chi connectivity index (χ0v) is 23.8. The maximum absolute atomic E-state index is 2.39. The first-order valence-electron chi connectivity index (χ1n) is 14.3. The highest BCUT2D eigenvalue weighted by Gasteiger charge is 2.19. The van der Waals surface area contributed by atoms with Crippen molar-refractivity contribution in [2.24, 2.45) is 0 Å². The van der Waals surface area contributed by atoms with Gasteiger partial charge in [0.2, 0.25) is 0 Å². The standard InChI is InChI=1S/C40H27NS/c1-4-12-28(13-5-1)30-21-23-38(36(25-30)29-14-6-2-7-15-29)41(33-16-8-3-9-17-33)34-22-20-31-26-37-35-18-10-11-19-39(35)42-40(37)27-32(31)24-34/h1-27H. The molecule has 0 saturated carbocycles. The van der Waals surface area contributed by atoms with Crippen LogP contribution in [0.3, 0.4) is 0 Å². The third kappa shape index (κ3) is 4.34. The maximum atomic E-state index is 2.39. The van der Waals surface area contributed by atoms with Crippen molar-refractivity contribution in [3.63, 3.8) is 0 Å². The average molecular weight is 554 g/mol. The van der Waals surface area contributed by atoms with Gasteiger partial charge in [0, 0.05) is 37.1 Å². The molecule has 0 aliphatic rings. The van der Waals surface area contributed by atoms with Crippen molar-refractivity contribution in [2.75, 3.05) is 4.90 Å². The lowest BCUT2D eigenvalue weighted by molar-refractivity contribution is 1.29. The van der Waals surface area contributed by atoms with E-state index in [1.54, 1.807) is 0 Å². The molecule has 7 aromatic carbocycles. The normalized spacial score (nSPS) is 11.3. The third-order valence-electron chi connectivity index (χ3n) is 8.02. The van der Waals surface area contributed by atoms with E-state index in [9.17, 15) is 0 Å². The van der Waals surface area contributed by atoms with Gasteiger partial charge >= 0.3 is 0 Å². The van der Waals surface area contributed by atoms with Gasteiger partial charge in [-0.3, -0.25) is 0 Å². The molecule has 1 aromatic heterocycles. The molecule has 8 aromatic rings. The van der Waals surface area contributed by atoms with Crippen molar-refractivity contribution in [1.82, 2.24) is 0 Å². The lowest BCUT2D eigenvalue weighted by Gasteiger charge is -2.28. The molecular formula is C40H27NS. The molecule has 2 heteroatoms. The Hall–Kier alpha value is -5.18. The van der Waals surface area contributed by atoms with Crippen LogP contribution in [0.2, 0.25) is 0 Å². The second-order valence-corrected chi connectivity index (χ2v) is 11.7. The fourth-order valence-corrected chi connectivity index (χ4v) is 7.13. The summed E-state index contributed by atoms with van der Waals surface area (Å²) in [4.78, 5) is 2.39. The minimum Gasteiger partial charge on any atom is -0.310 e. The molecule has 0 aliphatic heterocycles. The van der Waals surface area contributed by atoms with Gasteiger partial charge in [0.25, 0.3) is 0 Å². The van der Waals surface area contributed by atoms with E-state index in [4.69, 9.17) is 0 Å². The number of para-hydroxylation sites is 1.